The fourth-order valence-corrected chi connectivity index (χ4v) is 2.58. The summed E-state index contributed by atoms with van der Waals surface area (Å²) in [7, 11) is 0. The smallest absolute Gasteiger partial charge is 0.215 e. The molecule has 0 atom stereocenters. The largest absolute Gasteiger partial charge is 0.477 e. The lowest BCUT2D eigenvalue weighted by Gasteiger charge is -2.28. The van der Waals surface area contributed by atoms with Crippen LogP contribution >= 0.6 is 0 Å². The summed E-state index contributed by atoms with van der Waals surface area (Å²) < 4.78 is 32.7. The number of nitrogens with one attached hydrogen (secondary N) is 1. The average Bonchev–Trinajstić information content (AvgIpc) is 2.59. The molecule has 1 aromatic carbocycles. The van der Waals surface area contributed by atoms with Crippen molar-refractivity contribution in [3.05, 3.63) is 53.6 Å². The first-order valence-electron chi connectivity index (χ1n) is 7.72. The molecule has 0 saturated carbocycles. The molecule has 2 heterocycles. The minimum Gasteiger partial charge on any atom is -0.477 e. The van der Waals surface area contributed by atoms with Crippen molar-refractivity contribution < 1.29 is 13.5 Å². The van der Waals surface area contributed by atoms with E-state index < -0.39 is 11.6 Å². The van der Waals surface area contributed by atoms with Crippen LogP contribution in [0.15, 0.2) is 36.4 Å². The van der Waals surface area contributed by atoms with Gasteiger partial charge in [-0.3, -0.25) is 0 Å². The molecule has 2 aromatic rings. The minimum absolute atomic E-state index is 0.0470. The van der Waals surface area contributed by atoms with Crippen LogP contribution in [-0.2, 0) is 6.42 Å². The highest BCUT2D eigenvalue weighted by molar-refractivity contribution is 5.41. The summed E-state index contributed by atoms with van der Waals surface area (Å²) in [6, 6.07) is 9.43. The van der Waals surface area contributed by atoms with E-state index in [1.165, 1.54) is 18.2 Å². The molecule has 4 nitrogen and oxygen atoms in total. The molecular formula is C17H19F2N3O. The molecule has 0 bridgehead atoms. The van der Waals surface area contributed by atoms with Crippen LogP contribution in [0.25, 0.3) is 0 Å². The Bertz CT molecular complexity index is 640. The Labute approximate surface area is 134 Å². The predicted octanol–water partition coefficient (Wildman–Crippen LogP) is 2.39. The van der Waals surface area contributed by atoms with Crippen molar-refractivity contribution in [1.29, 1.82) is 0 Å². The monoisotopic (exact) mass is 319 g/mol. The third-order valence-electron chi connectivity index (χ3n) is 3.81. The maximum absolute atomic E-state index is 13.6. The lowest BCUT2D eigenvalue weighted by atomic mass is 10.1. The standard InChI is InChI=1S/C17H19F2N3O/c18-14-3-1-4-15(19)13(14)7-12-23-17-6-2-5-16(21-17)22-10-8-20-9-11-22/h1-6,20H,7-12H2. The van der Waals surface area contributed by atoms with Crippen LogP contribution in [-0.4, -0.2) is 37.8 Å². The zero-order valence-electron chi connectivity index (χ0n) is 12.8. The molecule has 1 fully saturated rings. The Balaban J connectivity index is 1.60. The van der Waals surface area contributed by atoms with Crippen molar-refractivity contribution in [3.8, 4) is 5.88 Å². The van der Waals surface area contributed by atoms with E-state index in [2.05, 4.69) is 15.2 Å². The fraction of sp³-hybridized carbons (Fsp3) is 0.353. The van der Waals surface area contributed by atoms with Crippen molar-refractivity contribution in [1.82, 2.24) is 10.3 Å². The van der Waals surface area contributed by atoms with E-state index in [4.69, 9.17) is 4.74 Å². The van der Waals surface area contributed by atoms with Gasteiger partial charge >= 0.3 is 0 Å². The van der Waals surface area contributed by atoms with Gasteiger partial charge in [0.15, 0.2) is 0 Å². The first kappa shape index (κ1) is 15.7. The highest BCUT2D eigenvalue weighted by atomic mass is 19.1. The molecular weight excluding hydrogens is 300 g/mol. The second-order valence-corrected chi connectivity index (χ2v) is 5.37. The topological polar surface area (TPSA) is 37.4 Å². The lowest BCUT2D eigenvalue weighted by Crippen LogP contribution is -2.43. The summed E-state index contributed by atoms with van der Waals surface area (Å²) in [6.07, 6.45) is 0.165. The third kappa shape index (κ3) is 3.96. The predicted molar refractivity (Wildman–Crippen MR) is 84.9 cm³/mol. The summed E-state index contributed by atoms with van der Waals surface area (Å²) in [6.45, 7) is 3.84. The molecule has 1 aromatic heterocycles. The van der Waals surface area contributed by atoms with E-state index in [0.717, 1.165) is 32.0 Å². The molecule has 23 heavy (non-hydrogen) atoms. The maximum atomic E-state index is 13.6. The van der Waals surface area contributed by atoms with Gasteiger partial charge in [-0.2, -0.15) is 4.98 Å². The van der Waals surface area contributed by atoms with Crippen LogP contribution in [0.5, 0.6) is 5.88 Å². The molecule has 0 unspecified atom stereocenters. The average molecular weight is 319 g/mol. The number of anilines is 1. The Hall–Kier alpha value is -2.21. The van der Waals surface area contributed by atoms with Crippen LogP contribution in [0.4, 0.5) is 14.6 Å². The minimum atomic E-state index is -0.545. The van der Waals surface area contributed by atoms with Crippen LogP contribution in [0.3, 0.4) is 0 Å². The molecule has 0 radical (unpaired) electrons. The number of aromatic nitrogens is 1. The number of pyridine rings is 1. The third-order valence-corrected chi connectivity index (χ3v) is 3.81. The quantitative estimate of drug-likeness (QED) is 0.918. The number of ether oxygens (including phenoxy) is 1. The van der Waals surface area contributed by atoms with Crippen molar-refractivity contribution in [2.24, 2.45) is 0 Å². The lowest BCUT2D eigenvalue weighted by molar-refractivity contribution is 0.305. The molecule has 0 amide bonds. The van der Waals surface area contributed by atoms with Crippen molar-refractivity contribution in [2.75, 3.05) is 37.7 Å². The number of nitrogens with zero attached hydrogens (tertiary/aromatic N) is 2. The Morgan fingerprint density at radius 1 is 1.04 bits per heavy atom. The molecule has 0 aliphatic carbocycles. The van der Waals surface area contributed by atoms with Crippen molar-refractivity contribution in [2.45, 2.75) is 6.42 Å². The van der Waals surface area contributed by atoms with Gasteiger partial charge in [-0.15, -0.1) is 0 Å². The molecule has 6 heteroatoms. The second-order valence-electron chi connectivity index (χ2n) is 5.37. The normalized spacial score (nSPS) is 14.8. The van der Waals surface area contributed by atoms with Crippen LogP contribution in [0.1, 0.15) is 5.56 Å². The van der Waals surface area contributed by atoms with Crippen molar-refractivity contribution in [3.63, 3.8) is 0 Å². The maximum Gasteiger partial charge on any atom is 0.215 e. The fourth-order valence-electron chi connectivity index (χ4n) is 2.58. The van der Waals surface area contributed by atoms with Crippen molar-refractivity contribution >= 4 is 5.82 Å². The number of rotatable bonds is 5. The Morgan fingerprint density at radius 3 is 2.48 bits per heavy atom. The summed E-state index contributed by atoms with van der Waals surface area (Å²) in [5, 5.41) is 3.29. The van der Waals surface area contributed by atoms with E-state index in [1.807, 2.05) is 12.1 Å². The van der Waals surface area contributed by atoms with Gasteiger partial charge in [-0.1, -0.05) is 12.1 Å². The number of halogens is 2. The van der Waals surface area contributed by atoms with Crippen LogP contribution in [0, 0.1) is 11.6 Å². The van der Waals surface area contributed by atoms with Gasteiger partial charge in [0.05, 0.1) is 6.61 Å². The van der Waals surface area contributed by atoms with E-state index >= 15 is 0 Å². The van der Waals surface area contributed by atoms with Crippen LogP contribution in [0.2, 0.25) is 0 Å². The molecule has 1 aliphatic heterocycles. The number of piperazine rings is 1. The van der Waals surface area contributed by atoms with Crippen LogP contribution < -0.4 is 15.0 Å². The van der Waals surface area contributed by atoms with Gasteiger partial charge in [0.2, 0.25) is 5.88 Å². The first-order valence-corrected chi connectivity index (χ1v) is 7.72. The summed E-state index contributed by atoms with van der Waals surface area (Å²) in [5.74, 6) is 0.242. The van der Waals surface area contributed by atoms with E-state index in [-0.39, 0.29) is 18.6 Å². The summed E-state index contributed by atoms with van der Waals surface area (Å²) in [4.78, 5) is 6.64. The molecule has 1 aliphatic rings. The molecule has 122 valence electrons. The zero-order valence-corrected chi connectivity index (χ0v) is 12.8. The SMILES string of the molecule is Fc1cccc(F)c1CCOc1cccc(N2CCNCC2)n1. The molecule has 1 N–H and O–H groups in total. The first-order chi connectivity index (χ1) is 11.2. The van der Waals surface area contributed by atoms with Gasteiger partial charge < -0.3 is 15.0 Å². The van der Waals surface area contributed by atoms with E-state index in [1.54, 1.807) is 6.07 Å². The Kier molecular flexibility index (Phi) is 5.02. The Morgan fingerprint density at radius 2 is 1.74 bits per heavy atom. The molecule has 0 spiro atoms. The van der Waals surface area contributed by atoms with Gasteiger partial charge in [0.25, 0.3) is 0 Å². The van der Waals surface area contributed by atoms with Gasteiger partial charge in [0.1, 0.15) is 17.5 Å². The highest BCUT2D eigenvalue weighted by Gasteiger charge is 2.12. The number of benzene rings is 1. The highest BCUT2D eigenvalue weighted by Crippen LogP contribution is 2.17. The van der Waals surface area contributed by atoms with Gasteiger partial charge in [0, 0.05) is 44.2 Å². The van der Waals surface area contributed by atoms with Gasteiger partial charge in [-0.25, -0.2) is 8.78 Å². The van der Waals surface area contributed by atoms with Gasteiger partial charge in [-0.05, 0) is 18.2 Å². The number of hydrogen-bond donors (Lipinski definition) is 1. The second kappa shape index (κ2) is 7.37. The van der Waals surface area contributed by atoms with E-state index in [9.17, 15) is 8.78 Å². The molecule has 3 rings (SSSR count). The zero-order chi connectivity index (χ0) is 16.1. The molecule has 1 saturated heterocycles. The summed E-state index contributed by atoms with van der Waals surface area (Å²) >= 11 is 0. The number of hydrogen-bond acceptors (Lipinski definition) is 4. The summed E-state index contributed by atoms with van der Waals surface area (Å²) in [5.41, 5.74) is 0.0470. The van der Waals surface area contributed by atoms with E-state index in [0.29, 0.717) is 5.88 Å².